The van der Waals surface area contributed by atoms with Gasteiger partial charge in [-0.05, 0) is 19.8 Å². The Kier molecular flexibility index (Phi) is 2.71. The van der Waals surface area contributed by atoms with Gasteiger partial charge in [-0.1, -0.05) is 6.42 Å². The van der Waals surface area contributed by atoms with Gasteiger partial charge in [-0.15, -0.1) is 0 Å². The summed E-state index contributed by atoms with van der Waals surface area (Å²) in [6.07, 6.45) is 2.51. The van der Waals surface area contributed by atoms with Crippen LogP contribution in [0.1, 0.15) is 32.6 Å². The van der Waals surface area contributed by atoms with Crippen molar-refractivity contribution in [3.63, 3.8) is 0 Å². The third-order valence-electron chi connectivity index (χ3n) is 2.67. The van der Waals surface area contributed by atoms with Crippen LogP contribution >= 0.6 is 0 Å². The van der Waals surface area contributed by atoms with E-state index in [9.17, 15) is 14.7 Å². The first-order valence-electron chi connectivity index (χ1n) is 4.44. The fraction of sp³-hybridized carbons (Fsp3) is 0.778. The number of aliphatic hydroxyl groups is 1. The van der Waals surface area contributed by atoms with E-state index in [1.807, 2.05) is 0 Å². The van der Waals surface area contributed by atoms with Gasteiger partial charge in [0, 0.05) is 6.42 Å². The minimum absolute atomic E-state index is 0.126. The molecule has 4 heteroatoms. The smallest absolute Gasteiger partial charge is 0.336 e. The summed E-state index contributed by atoms with van der Waals surface area (Å²) in [7, 11) is 0. The Morgan fingerprint density at radius 1 is 1.54 bits per heavy atom. The van der Waals surface area contributed by atoms with Crippen LogP contribution in [0, 0.1) is 5.92 Å². The van der Waals surface area contributed by atoms with Gasteiger partial charge in [0.25, 0.3) is 0 Å². The van der Waals surface area contributed by atoms with Gasteiger partial charge in [-0.3, -0.25) is 4.79 Å². The summed E-state index contributed by atoms with van der Waals surface area (Å²) in [5.41, 5.74) is -1.89. The number of ketones is 1. The second kappa shape index (κ2) is 3.46. The SMILES string of the molecule is CC(O)(C(=O)O)C1CCCCC1=O. The molecule has 1 saturated carbocycles. The molecule has 1 fully saturated rings. The molecular formula is C9H14O4. The van der Waals surface area contributed by atoms with Crippen LogP contribution in [0.15, 0.2) is 0 Å². The first-order valence-corrected chi connectivity index (χ1v) is 4.44. The van der Waals surface area contributed by atoms with Crippen molar-refractivity contribution >= 4 is 11.8 Å². The Morgan fingerprint density at radius 3 is 2.62 bits per heavy atom. The normalized spacial score (nSPS) is 28.2. The average Bonchev–Trinajstić information content (AvgIpc) is 2.04. The number of hydrogen-bond acceptors (Lipinski definition) is 3. The number of carboxylic acid groups (broad SMARTS) is 1. The zero-order chi connectivity index (χ0) is 10.1. The van der Waals surface area contributed by atoms with E-state index < -0.39 is 17.5 Å². The van der Waals surface area contributed by atoms with E-state index in [4.69, 9.17) is 5.11 Å². The molecule has 1 rings (SSSR count). The van der Waals surface area contributed by atoms with Crippen LogP contribution in [0.25, 0.3) is 0 Å². The third-order valence-corrected chi connectivity index (χ3v) is 2.67. The highest BCUT2D eigenvalue weighted by atomic mass is 16.4. The predicted octanol–water partition coefficient (Wildman–Crippen LogP) is 0.581. The first-order chi connectivity index (χ1) is 5.96. The first kappa shape index (κ1) is 10.2. The highest BCUT2D eigenvalue weighted by Crippen LogP contribution is 2.30. The van der Waals surface area contributed by atoms with Gasteiger partial charge >= 0.3 is 5.97 Å². The lowest BCUT2D eigenvalue weighted by atomic mass is 9.77. The van der Waals surface area contributed by atoms with E-state index in [2.05, 4.69) is 0 Å². The number of rotatable bonds is 2. The van der Waals surface area contributed by atoms with Gasteiger partial charge in [0.2, 0.25) is 0 Å². The molecular weight excluding hydrogens is 172 g/mol. The Bertz CT molecular complexity index is 232. The Morgan fingerprint density at radius 2 is 2.15 bits per heavy atom. The van der Waals surface area contributed by atoms with Crippen molar-refractivity contribution in [3.05, 3.63) is 0 Å². The number of carbonyl (C=O) groups excluding carboxylic acids is 1. The molecule has 0 aromatic rings. The molecule has 1 aliphatic carbocycles. The number of hydrogen-bond donors (Lipinski definition) is 2. The van der Waals surface area contributed by atoms with Crippen molar-refractivity contribution in [1.82, 2.24) is 0 Å². The molecule has 0 saturated heterocycles. The van der Waals surface area contributed by atoms with Crippen molar-refractivity contribution in [2.75, 3.05) is 0 Å². The van der Waals surface area contributed by atoms with Crippen LogP contribution in [0.5, 0.6) is 0 Å². The van der Waals surface area contributed by atoms with E-state index in [0.29, 0.717) is 12.8 Å². The zero-order valence-electron chi connectivity index (χ0n) is 7.62. The molecule has 2 atom stereocenters. The third kappa shape index (κ3) is 1.88. The standard InChI is InChI=1S/C9H14O4/c1-9(13,8(11)12)6-4-2-3-5-7(6)10/h6,13H,2-5H2,1H3,(H,11,12). The number of carbonyl (C=O) groups is 2. The molecule has 1 aliphatic rings. The van der Waals surface area contributed by atoms with Crippen molar-refractivity contribution in [2.24, 2.45) is 5.92 Å². The van der Waals surface area contributed by atoms with Gasteiger partial charge in [0.05, 0.1) is 5.92 Å². The number of carboxylic acids is 1. The summed E-state index contributed by atoms with van der Waals surface area (Å²) in [4.78, 5) is 22.0. The molecule has 0 amide bonds. The monoisotopic (exact) mass is 186 g/mol. The molecule has 0 spiro atoms. The Hall–Kier alpha value is -0.900. The second-order valence-electron chi connectivity index (χ2n) is 3.72. The lowest BCUT2D eigenvalue weighted by Gasteiger charge is -2.30. The van der Waals surface area contributed by atoms with Gasteiger partial charge in [-0.25, -0.2) is 4.79 Å². The summed E-state index contributed by atoms with van der Waals surface area (Å²) in [5.74, 6) is -2.16. The van der Waals surface area contributed by atoms with Gasteiger partial charge < -0.3 is 10.2 Å². The summed E-state index contributed by atoms with van der Waals surface area (Å²) in [6, 6.07) is 0. The fourth-order valence-electron chi connectivity index (χ4n) is 1.73. The van der Waals surface area contributed by atoms with Crippen molar-refractivity contribution in [1.29, 1.82) is 0 Å². The average molecular weight is 186 g/mol. The molecule has 0 aromatic heterocycles. The summed E-state index contributed by atoms with van der Waals surface area (Å²) in [6.45, 7) is 1.20. The van der Waals surface area contributed by atoms with Crippen LogP contribution in [0.4, 0.5) is 0 Å². The van der Waals surface area contributed by atoms with Crippen molar-refractivity contribution in [2.45, 2.75) is 38.2 Å². The second-order valence-corrected chi connectivity index (χ2v) is 3.72. The van der Waals surface area contributed by atoms with Crippen LogP contribution in [-0.4, -0.2) is 27.6 Å². The van der Waals surface area contributed by atoms with Crippen LogP contribution in [0.2, 0.25) is 0 Å². The summed E-state index contributed by atoms with van der Waals surface area (Å²) < 4.78 is 0. The van der Waals surface area contributed by atoms with Gasteiger partial charge in [0.1, 0.15) is 5.78 Å². The quantitative estimate of drug-likeness (QED) is 0.661. The fourth-order valence-corrected chi connectivity index (χ4v) is 1.73. The maximum Gasteiger partial charge on any atom is 0.336 e. The molecule has 74 valence electrons. The van der Waals surface area contributed by atoms with E-state index in [-0.39, 0.29) is 5.78 Å². The largest absolute Gasteiger partial charge is 0.479 e. The van der Waals surface area contributed by atoms with Crippen molar-refractivity contribution in [3.8, 4) is 0 Å². The van der Waals surface area contributed by atoms with Crippen LogP contribution in [0.3, 0.4) is 0 Å². The zero-order valence-corrected chi connectivity index (χ0v) is 7.62. The van der Waals surface area contributed by atoms with E-state index >= 15 is 0 Å². The van der Waals surface area contributed by atoms with Gasteiger partial charge in [-0.2, -0.15) is 0 Å². The molecule has 2 unspecified atom stereocenters. The molecule has 0 radical (unpaired) electrons. The van der Waals surface area contributed by atoms with Gasteiger partial charge in [0.15, 0.2) is 5.60 Å². The van der Waals surface area contributed by atoms with Crippen molar-refractivity contribution < 1.29 is 19.8 Å². The lowest BCUT2D eigenvalue weighted by Crippen LogP contribution is -2.47. The summed E-state index contributed by atoms with van der Waals surface area (Å²) in [5, 5.41) is 18.3. The maximum absolute atomic E-state index is 11.3. The Balaban J connectivity index is 2.79. The lowest BCUT2D eigenvalue weighted by molar-refractivity contribution is -0.167. The number of aliphatic carboxylic acids is 1. The summed E-state index contributed by atoms with van der Waals surface area (Å²) >= 11 is 0. The molecule has 0 aliphatic heterocycles. The maximum atomic E-state index is 11.3. The molecule has 0 bridgehead atoms. The van der Waals surface area contributed by atoms with Crippen LogP contribution in [-0.2, 0) is 9.59 Å². The van der Waals surface area contributed by atoms with E-state index in [1.165, 1.54) is 6.92 Å². The van der Waals surface area contributed by atoms with E-state index in [1.54, 1.807) is 0 Å². The highest BCUT2D eigenvalue weighted by molar-refractivity contribution is 5.90. The molecule has 4 nitrogen and oxygen atoms in total. The predicted molar refractivity (Wildman–Crippen MR) is 45.2 cm³/mol. The molecule has 0 aromatic carbocycles. The molecule has 2 N–H and O–H groups in total. The number of Topliss-reactive ketones (excluding diaryl/α,β-unsaturated/α-hetero) is 1. The topological polar surface area (TPSA) is 74.6 Å². The molecule has 13 heavy (non-hydrogen) atoms. The minimum atomic E-state index is -1.89. The Labute approximate surface area is 76.6 Å². The van der Waals surface area contributed by atoms with E-state index in [0.717, 1.165) is 12.8 Å². The van der Waals surface area contributed by atoms with Crippen LogP contribution < -0.4 is 0 Å². The highest BCUT2D eigenvalue weighted by Gasteiger charge is 2.44. The molecule has 0 heterocycles. The minimum Gasteiger partial charge on any atom is -0.479 e.